The number of nitrogens with one attached hydrogen (secondary N) is 1. The van der Waals surface area contributed by atoms with E-state index in [-0.39, 0.29) is 5.76 Å². The van der Waals surface area contributed by atoms with Crippen molar-refractivity contribution in [2.75, 3.05) is 20.2 Å². The van der Waals surface area contributed by atoms with Crippen molar-refractivity contribution in [2.45, 2.75) is 26.2 Å². The minimum Gasteiger partial charge on any atom is -0.504 e. The number of allylic oxidation sites excluding steroid dienone is 2. The van der Waals surface area contributed by atoms with Crippen molar-refractivity contribution >= 4 is 0 Å². The second-order valence-electron chi connectivity index (χ2n) is 3.45. The molecule has 0 saturated heterocycles. The summed E-state index contributed by atoms with van der Waals surface area (Å²) in [5, 5.41) is 12.9. The zero-order valence-corrected chi connectivity index (χ0v) is 8.97. The molecule has 80 valence electrons. The summed E-state index contributed by atoms with van der Waals surface area (Å²) in [6.07, 6.45) is 4.73. The third-order valence-corrected chi connectivity index (χ3v) is 2.38. The van der Waals surface area contributed by atoms with E-state index in [2.05, 4.69) is 12.2 Å². The van der Waals surface area contributed by atoms with Gasteiger partial charge in [-0.05, 0) is 25.5 Å². The maximum absolute atomic E-state index is 9.67. The molecule has 0 radical (unpaired) electrons. The molecule has 1 aliphatic rings. The van der Waals surface area contributed by atoms with E-state index in [1.165, 1.54) is 5.57 Å². The molecule has 0 aromatic heterocycles. The predicted molar refractivity (Wildman–Crippen MR) is 57.1 cm³/mol. The van der Waals surface area contributed by atoms with Crippen molar-refractivity contribution in [1.82, 2.24) is 5.32 Å². The van der Waals surface area contributed by atoms with E-state index in [0.717, 1.165) is 32.4 Å². The summed E-state index contributed by atoms with van der Waals surface area (Å²) in [6.45, 7) is 3.89. The summed E-state index contributed by atoms with van der Waals surface area (Å²) in [7, 11) is 1.61. The lowest BCUT2D eigenvalue weighted by atomic mass is 10.1. The second-order valence-corrected chi connectivity index (χ2v) is 3.45. The van der Waals surface area contributed by atoms with E-state index in [1.54, 1.807) is 7.11 Å². The van der Waals surface area contributed by atoms with Gasteiger partial charge >= 0.3 is 0 Å². The number of hydrogen-bond donors (Lipinski definition) is 2. The largest absolute Gasteiger partial charge is 0.504 e. The third kappa shape index (κ3) is 3.07. The van der Waals surface area contributed by atoms with Crippen molar-refractivity contribution in [3.8, 4) is 0 Å². The topological polar surface area (TPSA) is 41.5 Å². The van der Waals surface area contributed by atoms with Crippen LogP contribution in [0.2, 0.25) is 0 Å². The van der Waals surface area contributed by atoms with Crippen LogP contribution >= 0.6 is 0 Å². The summed E-state index contributed by atoms with van der Waals surface area (Å²) in [5.41, 5.74) is 1.25. The molecule has 0 amide bonds. The Morgan fingerprint density at radius 3 is 2.93 bits per heavy atom. The molecule has 0 aliphatic heterocycles. The Hall–Kier alpha value is -0.960. The molecule has 0 heterocycles. The maximum atomic E-state index is 9.67. The molecule has 1 aliphatic carbocycles. The molecule has 1 rings (SSSR count). The van der Waals surface area contributed by atoms with Gasteiger partial charge in [-0.1, -0.05) is 12.5 Å². The molecule has 0 saturated carbocycles. The van der Waals surface area contributed by atoms with Crippen LogP contribution in [0.3, 0.4) is 0 Å². The molecule has 3 heteroatoms. The van der Waals surface area contributed by atoms with E-state index < -0.39 is 0 Å². The number of ether oxygens (including phenoxy) is 1. The molecule has 3 nitrogen and oxygen atoms in total. The van der Waals surface area contributed by atoms with Gasteiger partial charge in [0.1, 0.15) is 5.76 Å². The SMILES string of the molecule is CCNCC1=CC(O)=C(OC)CCC1. The lowest BCUT2D eigenvalue weighted by molar-refractivity contribution is 0.247. The van der Waals surface area contributed by atoms with Crippen molar-refractivity contribution in [1.29, 1.82) is 0 Å². The van der Waals surface area contributed by atoms with Crippen LogP contribution < -0.4 is 5.32 Å². The number of likely N-dealkylation sites (N-methyl/N-ethyl adjacent to an activating group) is 1. The van der Waals surface area contributed by atoms with Crippen LogP contribution in [0.4, 0.5) is 0 Å². The number of aliphatic hydroxyl groups excluding tert-OH is 1. The van der Waals surface area contributed by atoms with Crippen molar-refractivity contribution in [3.63, 3.8) is 0 Å². The van der Waals surface area contributed by atoms with Crippen LogP contribution in [-0.4, -0.2) is 25.3 Å². The quantitative estimate of drug-likeness (QED) is 0.725. The molecule has 0 atom stereocenters. The average Bonchev–Trinajstić information content (AvgIpc) is 2.36. The third-order valence-electron chi connectivity index (χ3n) is 2.38. The van der Waals surface area contributed by atoms with Crippen LogP contribution in [0.15, 0.2) is 23.2 Å². The number of rotatable bonds is 4. The van der Waals surface area contributed by atoms with Gasteiger partial charge in [-0.2, -0.15) is 0 Å². The predicted octanol–water partition coefficient (Wildman–Crippen LogP) is 2.12. The highest BCUT2D eigenvalue weighted by Gasteiger charge is 2.10. The van der Waals surface area contributed by atoms with Crippen LogP contribution in [0.5, 0.6) is 0 Å². The van der Waals surface area contributed by atoms with Crippen LogP contribution in [-0.2, 0) is 4.74 Å². The lowest BCUT2D eigenvalue weighted by Crippen LogP contribution is -2.16. The Labute approximate surface area is 85.5 Å². The van der Waals surface area contributed by atoms with Gasteiger partial charge in [0.15, 0.2) is 5.76 Å². The molecule has 0 unspecified atom stereocenters. The first-order valence-corrected chi connectivity index (χ1v) is 5.14. The monoisotopic (exact) mass is 197 g/mol. The van der Waals surface area contributed by atoms with E-state index in [1.807, 2.05) is 6.08 Å². The lowest BCUT2D eigenvalue weighted by Gasteiger charge is -2.04. The zero-order chi connectivity index (χ0) is 10.4. The molecule has 14 heavy (non-hydrogen) atoms. The molecule has 0 fully saturated rings. The van der Waals surface area contributed by atoms with E-state index in [9.17, 15) is 5.11 Å². The minimum atomic E-state index is 0.290. The highest BCUT2D eigenvalue weighted by Crippen LogP contribution is 2.21. The normalized spacial score (nSPS) is 17.7. The van der Waals surface area contributed by atoms with E-state index >= 15 is 0 Å². The Balaban J connectivity index is 2.64. The highest BCUT2D eigenvalue weighted by atomic mass is 16.5. The number of methoxy groups -OCH3 is 1. The maximum Gasteiger partial charge on any atom is 0.153 e. The van der Waals surface area contributed by atoms with E-state index in [4.69, 9.17) is 4.74 Å². The van der Waals surface area contributed by atoms with Crippen LogP contribution in [0, 0.1) is 0 Å². The molecule has 0 aromatic rings. The standard InChI is InChI=1S/C11H19NO2/c1-3-12-8-9-5-4-6-11(14-2)10(13)7-9/h7,12-13H,3-6,8H2,1-2H3. The van der Waals surface area contributed by atoms with Gasteiger partial charge in [-0.25, -0.2) is 0 Å². The number of aliphatic hydroxyl groups is 1. The average molecular weight is 197 g/mol. The summed E-state index contributed by atoms with van der Waals surface area (Å²) in [6, 6.07) is 0. The second kappa shape index (κ2) is 5.70. The fourth-order valence-electron chi connectivity index (χ4n) is 1.58. The highest BCUT2D eigenvalue weighted by molar-refractivity contribution is 5.24. The summed E-state index contributed by atoms with van der Waals surface area (Å²) in [4.78, 5) is 0. The van der Waals surface area contributed by atoms with Crippen molar-refractivity contribution in [2.24, 2.45) is 0 Å². The Kier molecular flexibility index (Phi) is 4.53. The van der Waals surface area contributed by atoms with Gasteiger partial charge in [0, 0.05) is 13.0 Å². The van der Waals surface area contributed by atoms with Gasteiger partial charge in [-0.3, -0.25) is 0 Å². The molecule has 2 N–H and O–H groups in total. The minimum absolute atomic E-state index is 0.290. The van der Waals surface area contributed by atoms with Crippen molar-refractivity contribution < 1.29 is 9.84 Å². The smallest absolute Gasteiger partial charge is 0.153 e. The van der Waals surface area contributed by atoms with Gasteiger partial charge in [0.05, 0.1) is 7.11 Å². The van der Waals surface area contributed by atoms with Crippen LogP contribution in [0.1, 0.15) is 26.2 Å². The van der Waals surface area contributed by atoms with E-state index in [0.29, 0.717) is 5.76 Å². The van der Waals surface area contributed by atoms with Crippen molar-refractivity contribution in [3.05, 3.63) is 23.2 Å². The fraction of sp³-hybridized carbons (Fsp3) is 0.636. The van der Waals surface area contributed by atoms with Crippen LogP contribution in [0.25, 0.3) is 0 Å². The Morgan fingerprint density at radius 2 is 2.29 bits per heavy atom. The molecule has 0 aromatic carbocycles. The molecule has 0 spiro atoms. The first-order chi connectivity index (χ1) is 6.77. The summed E-state index contributed by atoms with van der Waals surface area (Å²) < 4.78 is 5.10. The van der Waals surface area contributed by atoms with Gasteiger partial charge in [-0.15, -0.1) is 0 Å². The number of hydrogen-bond acceptors (Lipinski definition) is 3. The first-order valence-electron chi connectivity index (χ1n) is 5.14. The van der Waals surface area contributed by atoms with Gasteiger partial charge < -0.3 is 15.2 Å². The first kappa shape index (κ1) is 11.1. The Morgan fingerprint density at radius 1 is 1.50 bits per heavy atom. The van der Waals surface area contributed by atoms with Gasteiger partial charge in [0.25, 0.3) is 0 Å². The molecule has 0 bridgehead atoms. The fourth-order valence-corrected chi connectivity index (χ4v) is 1.58. The molecular weight excluding hydrogens is 178 g/mol. The van der Waals surface area contributed by atoms with Gasteiger partial charge in [0.2, 0.25) is 0 Å². The summed E-state index contributed by atoms with van der Waals surface area (Å²) in [5.74, 6) is 0.995. The Bertz CT molecular complexity index is 244. The molecular formula is C11H19NO2. The summed E-state index contributed by atoms with van der Waals surface area (Å²) >= 11 is 0. The zero-order valence-electron chi connectivity index (χ0n) is 8.97.